The fourth-order valence-corrected chi connectivity index (χ4v) is 6.85. The highest BCUT2D eigenvalue weighted by Crippen LogP contribution is 2.32. The minimum Gasteiger partial charge on any atom is -0.481 e. The molecule has 1 unspecified atom stereocenters. The van der Waals surface area contributed by atoms with Crippen molar-refractivity contribution in [3.63, 3.8) is 0 Å². The highest BCUT2D eigenvalue weighted by Gasteiger charge is 2.30. The predicted octanol–water partition coefficient (Wildman–Crippen LogP) is 3.81. The van der Waals surface area contributed by atoms with Crippen LogP contribution < -0.4 is 5.32 Å². The minimum atomic E-state index is -3.78. The number of benzene rings is 2. The van der Waals surface area contributed by atoms with Gasteiger partial charge >= 0.3 is 5.97 Å². The average molecular weight is 531 g/mol. The zero-order chi connectivity index (χ0) is 27.2. The Balaban J connectivity index is 1.54. The summed E-state index contributed by atoms with van der Waals surface area (Å²) in [5.41, 5.74) is 4.30. The molecule has 0 heterocycles. The average Bonchev–Trinajstić information content (AvgIpc) is 3.23. The Morgan fingerprint density at radius 2 is 1.81 bits per heavy atom. The number of aliphatic hydroxyl groups excluding tert-OH is 1. The number of fused-ring (bicyclic) bond motifs is 1. The molecule has 2 aromatic rings. The van der Waals surface area contributed by atoms with Crippen LogP contribution in [0.25, 0.3) is 0 Å². The molecule has 0 saturated heterocycles. The number of hydrogen-bond donors (Lipinski definition) is 3. The molecule has 0 aliphatic heterocycles. The van der Waals surface area contributed by atoms with Crippen molar-refractivity contribution in [2.45, 2.75) is 82.3 Å². The number of sulfonamides is 1. The van der Waals surface area contributed by atoms with E-state index in [9.17, 15) is 18.3 Å². The number of β-amino-alcohol motifs (C(OH)–C–C–N with tert-alkyl or cyclic N) is 1. The molecular weight excluding hydrogens is 488 g/mol. The third-order valence-corrected chi connectivity index (χ3v) is 9.19. The maximum absolute atomic E-state index is 13.3. The summed E-state index contributed by atoms with van der Waals surface area (Å²) in [7, 11) is -2.28. The van der Waals surface area contributed by atoms with Gasteiger partial charge in [0.15, 0.2) is 0 Å². The number of carboxylic acids is 1. The molecule has 1 atom stereocenters. The van der Waals surface area contributed by atoms with Gasteiger partial charge in [-0.25, -0.2) is 8.42 Å². The number of carboxylic acid groups (broad SMARTS) is 1. The first-order valence-electron chi connectivity index (χ1n) is 13.2. The number of hydrogen-bond acceptors (Lipinski definition) is 5. The second kappa shape index (κ2) is 12.5. The number of likely N-dealkylation sites (N-methyl/N-ethyl adjacent to an activating group) is 1. The van der Waals surface area contributed by atoms with E-state index in [-0.39, 0.29) is 23.4 Å². The first-order valence-corrected chi connectivity index (χ1v) is 14.6. The Hall–Kier alpha value is -2.26. The summed E-state index contributed by atoms with van der Waals surface area (Å²) in [6, 6.07) is 13.8. The van der Waals surface area contributed by atoms with Gasteiger partial charge in [0.25, 0.3) is 0 Å². The second-order valence-corrected chi connectivity index (χ2v) is 13.0. The Morgan fingerprint density at radius 3 is 2.41 bits per heavy atom. The van der Waals surface area contributed by atoms with E-state index >= 15 is 0 Å². The molecule has 0 spiro atoms. The predicted molar refractivity (Wildman–Crippen MR) is 146 cm³/mol. The SMILES string of the molecule is CCc1cc(CCCC(=O)O)ccc1S(=O)(=O)N(C)CC(O)CNC(C)(C)CC1Cc2ccccc2C1. The fraction of sp³-hybridized carbons (Fsp3) is 0.552. The molecule has 8 heteroatoms. The van der Waals surface area contributed by atoms with E-state index in [0.29, 0.717) is 37.3 Å². The van der Waals surface area contributed by atoms with Gasteiger partial charge in [-0.15, -0.1) is 0 Å². The van der Waals surface area contributed by atoms with Crippen molar-refractivity contribution in [3.8, 4) is 0 Å². The van der Waals surface area contributed by atoms with Crippen LogP contribution >= 0.6 is 0 Å². The third-order valence-electron chi connectivity index (χ3n) is 7.27. The normalized spacial score (nSPS) is 15.2. The van der Waals surface area contributed by atoms with Gasteiger partial charge in [-0.05, 0) is 86.6 Å². The molecule has 204 valence electrons. The van der Waals surface area contributed by atoms with Crippen LogP contribution in [-0.2, 0) is 40.5 Å². The highest BCUT2D eigenvalue weighted by atomic mass is 32.2. The standard InChI is InChI=1S/C29H42N2O5S/c1-5-23-15-21(9-8-12-28(33)34)13-14-27(23)37(35,36)31(4)20-26(32)19-30-29(2,3)18-22-16-24-10-6-7-11-25(24)17-22/h6-7,10-11,13-15,22,26,30,32H,5,8-9,12,16-20H2,1-4H3,(H,33,34). The Bertz CT molecular complexity index is 1150. The summed E-state index contributed by atoms with van der Waals surface area (Å²) in [6.07, 6.45) is 3.99. The summed E-state index contributed by atoms with van der Waals surface area (Å²) in [5.74, 6) is -0.281. The summed E-state index contributed by atoms with van der Waals surface area (Å²) < 4.78 is 27.9. The van der Waals surface area contributed by atoms with Crippen LogP contribution in [0.1, 0.15) is 62.3 Å². The topological polar surface area (TPSA) is 107 Å². The number of nitrogens with one attached hydrogen (secondary N) is 1. The smallest absolute Gasteiger partial charge is 0.303 e. The lowest BCUT2D eigenvalue weighted by Crippen LogP contribution is -2.47. The van der Waals surface area contributed by atoms with E-state index in [1.54, 1.807) is 12.1 Å². The van der Waals surface area contributed by atoms with Crippen LogP contribution in [-0.4, -0.2) is 60.7 Å². The van der Waals surface area contributed by atoms with Gasteiger partial charge in [0, 0.05) is 32.1 Å². The van der Waals surface area contributed by atoms with Crippen molar-refractivity contribution in [2.24, 2.45) is 5.92 Å². The summed E-state index contributed by atoms with van der Waals surface area (Å²) in [5, 5.41) is 23.0. The van der Waals surface area contributed by atoms with Crippen LogP contribution in [0.3, 0.4) is 0 Å². The lowest BCUT2D eigenvalue weighted by molar-refractivity contribution is -0.137. The van der Waals surface area contributed by atoms with Gasteiger partial charge < -0.3 is 15.5 Å². The molecule has 0 saturated carbocycles. The lowest BCUT2D eigenvalue weighted by atomic mass is 9.88. The molecule has 0 amide bonds. The number of rotatable bonds is 14. The molecule has 0 radical (unpaired) electrons. The fourth-order valence-electron chi connectivity index (χ4n) is 5.37. The minimum absolute atomic E-state index is 0.0101. The maximum Gasteiger partial charge on any atom is 0.303 e. The molecule has 3 N–H and O–H groups in total. The molecule has 0 bridgehead atoms. The van der Waals surface area contributed by atoms with E-state index in [1.165, 1.54) is 22.5 Å². The Labute approximate surface area is 222 Å². The molecule has 1 aliphatic rings. The van der Waals surface area contributed by atoms with E-state index in [2.05, 4.69) is 43.4 Å². The van der Waals surface area contributed by atoms with Gasteiger partial charge in [0.1, 0.15) is 0 Å². The lowest BCUT2D eigenvalue weighted by Gasteiger charge is -2.31. The van der Waals surface area contributed by atoms with Crippen LogP contribution in [0.2, 0.25) is 0 Å². The zero-order valence-electron chi connectivity index (χ0n) is 22.5. The van der Waals surface area contributed by atoms with Crippen LogP contribution in [0.15, 0.2) is 47.4 Å². The highest BCUT2D eigenvalue weighted by molar-refractivity contribution is 7.89. The number of aliphatic carboxylic acids is 1. The van der Waals surface area contributed by atoms with Crippen molar-refractivity contribution in [1.29, 1.82) is 0 Å². The van der Waals surface area contributed by atoms with Crippen LogP contribution in [0.4, 0.5) is 0 Å². The van der Waals surface area contributed by atoms with Crippen molar-refractivity contribution in [1.82, 2.24) is 9.62 Å². The summed E-state index contributed by atoms with van der Waals surface area (Å²) in [4.78, 5) is 11.0. The second-order valence-electron chi connectivity index (χ2n) is 11.0. The van der Waals surface area contributed by atoms with Crippen molar-refractivity contribution >= 4 is 16.0 Å². The monoisotopic (exact) mass is 530 g/mol. The summed E-state index contributed by atoms with van der Waals surface area (Å²) in [6.45, 7) is 6.46. The van der Waals surface area contributed by atoms with Crippen LogP contribution in [0.5, 0.6) is 0 Å². The molecular formula is C29H42N2O5S. The number of aliphatic hydroxyl groups is 1. The molecule has 1 aliphatic carbocycles. The Morgan fingerprint density at radius 1 is 1.16 bits per heavy atom. The first-order chi connectivity index (χ1) is 17.4. The van der Waals surface area contributed by atoms with Crippen molar-refractivity contribution in [3.05, 3.63) is 64.7 Å². The molecule has 37 heavy (non-hydrogen) atoms. The Kier molecular flexibility index (Phi) is 9.92. The van der Waals surface area contributed by atoms with Crippen LogP contribution in [0, 0.1) is 5.92 Å². The van der Waals surface area contributed by atoms with Gasteiger partial charge in [-0.3, -0.25) is 4.79 Å². The van der Waals surface area contributed by atoms with Gasteiger partial charge in [0.2, 0.25) is 10.0 Å². The third kappa shape index (κ3) is 8.11. The molecule has 0 aromatic heterocycles. The maximum atomic E-state index is 13.3. The number of nitrogens with zero attached hydrogens (tertiary/aromatic N) is 1. The first kappa shape index (κ1) is 29.3. The number of aryl methyl sites for hydroxylation is 2. The zero-order valence-corrected chi connectivity index (χ0v) is 23.4. The molecule has 7 nitrogen and oxygen atoms in total. The summed E-state index contributed by atoms with van der Waals surface area (Å²) >= 11 is 0. The molecule has 2 aromatic carbocycles. The van der Waals surface area contributed by atoms with E-state index in [0.717, 1.165) is 24.8 Å². The largest absolute Gasteiger partial charge is 0.481 e. The molecule has 3 rings (SSSR count). The van der Waals surface area contributed by atoms with E-state index in [4.69, 9.17) is 5.11 Å². The van der Waals surface area contributed by atoms with Gasteiger partial charge in [-0.1, -0.05) is 43.3 Å². The quantitative estimate of drug-likeness (QED) is 0.343. The van der Waals surface area contributed by atoms with Gasteiger partial charge in [0.05, 0.1) is 11.0 Å². The number of carbonyl (C=O) groups is 1. The van der Waals surface area contributed by atoms with Crippen molar-refractivity contribution in [2.75, 3.05) is 20.1 Å². The van der Waals surface area contributed by atoms with E-state index < -0.39 is 22.1 Å². The van der Waals surface area contributed by atoms with Gasteiger partial charge in [-0.2, -0.15) is 4.31 Å². The van der Waals surface area contributed by atoms with Crippen molar-refractivity contribution < 1.29 is 23.4 Å². The van der Waals surface area contributed by atoms with E-state index in [1.807, 2.05) is 13.0 Å². The molecule has 0 fully saturated rings.